The van der Waals surface area contributed by atoms with Crippen LogP contribution in [-0.2, 0) is 0 Å². The number of rotatable bonds is 5. The van der Waals surface area contributed by atoms with Crippen molar-refractivity contribution in [2.45, 2.75) is 25.2 Å². The summed E-state index contributed by atoms with van der Waals surface area (Å²) in [4.78, 5) is 2.37. The molecule has 0 amide bonds. The maximum absolute atomic E-state index is 13.2. The molecule has 1 fully saturated rings. The first kappa shape index (κ1) is 21.0. The number of fused-ring (bicyclic) bond motifs is 1. The number of alkyl halides is 2. The normalized spacial score (nSPS) is 19.8. The average molecular weight is 383 g/mol. The minimum Gasteiger partial charge on any atom is -0.395 e. The molecule has 136 valence electrons. The molecule has 1 atom stereocenters. The minimum atomic E-state index is -3.56. The highest BCUT2D eigenvalue weighted by atomic mass is 35.5. The van der Waals surface area contributed by atoms with E-state index >= 15 is 0 Å². The SMILES string of the molecule is C=CCC[C@@H](c1ccc2c(c1)OC(F)(F)O2)N1CCNCC1.Cl.Cl. The Hall–Kier alpha value is -1.08. The van der Waals surface area contributed by atoms with Crippen molar-refractivity contribution in [3.8, 4) is 11.5 Å². The van der Waals surface area contributed by atoms with Crippen LogP contribution >= 0.6 is 24.8 Å². The van der Waals surface area contributed by atoms with Gasteiger partial charge >= 0.3 is 6.29 Å². The first-order valence-corrected chi connectivity index (χ1v) is 7.54. The maximum Gasteiger partial charge on any atom is 0.586 e. The summed E-state index contributed by atoms with van der Waals surface area (Å²) in [5, 5.41) is 3.32. The van der Waals surface area contributed by atoms with Gasteiger partial charge in [0.2, 0.25) is 0 Å². The zero-order valence-corrected chi connectivity index (χ0v) is 14.8. The van der Waals surface area contributed by atoms with Gasteiger partial charge in [0.1, 0.15) is 0 Å². The molecule has 0 unspecified atom stereocenters. The van der Waals surface area contributed by atoms with Crippen LogP contribution in [0.3, 0.4) is 0 Å². The van der Waals surface area contributed by atoms with Gasteiger partial charge in [-0.1, -0.05) is 12.1 Å². The Balaban J connectivity index is 0.00000144. The van der Waals surface area contributed by atoms with E-state index in [1.807, 2.05) is 12.1 Å². The van der Waals surface area contributed by atoms with E-state index in [0.717, 1.165) is 44.6 Å². The molecule has 1 aromatic rings. The second kappa shape index (κ2) is 8.85. The van der Waals surface area contributed by atoms with Gasteiger partial charge in [0.15, 0.2) is 11.5 Å². The lowest BCUT2D eigenvalue weighted by molar-refractivity contribution is -0.286. The van der Waals surface area contributed by atoms with Gasteiger partial charge in [-0.3, -0.25) is 4.90 Å². The van der Waals surface area contributed by atoms with Crippen LogP contribution in [0.2, 0.25) is 0 Å². The summed E-state index contributed by atoms with van der Waals surface area (Å²) in [6.07, 6.45) is 0.0989. The Morgan fingerprint density at radius 1 is 1.21 bits per heavy atom. The third-order valence-corrected chi connectivity index (χ3v) is 4.05. The highest BCUT2D eigenvalue weighted by Crippen LogP contribution is 2.43. The summed E-state index contributed by atoms with van der Waals surface area (Å²) in [6, 6.07) is 5.25. The molecular weight excluding hydrogens is 361 g/mol. The summed E-state index contributed by atoms with van der Waals surface area (Å²) < 4.78 is 35.3. The Labute approximate surface area is 153 Å². The lowest BCUT2D eigenvalue weighted by Gasteiger charge is -2.35. The van der Waals surface area contributed by atoms with E-state index in [2.05, 4.69) is 26.3 Å². The second-order valence-corrected chi connectivity index (χ2v) is 5.54. The van der Waals surface area contributed by atoms with Crippen molar-refractivity contribution in [1.82, 2.24) is 10.2 Å². The molecule has 0 aromatic heterocycles. The topological polar surface area (TPSA) is 33.7 Å². The molecular formula is C16H22Cl2F2N2O2. The molecule has 0 radical (unpaired) electrons. The van der Waals surface area contributed by atoms with E-state index in [1.54, 1.807) is 12.1 Å². The van der Waals surface area contributed by atoms with Crippen LogP contribution in [0.1, 0.15) is 24.4 Å². The van der Waals surface area contributed by atoms with E-state index in [9.17, 15) is 8.78 Å². The average Bonchev–Trinajstić information content (AvgIpc) is 2.82. The Kier molecular flexibility index (Phi) is 7.73. The highest BCUT2D eigenvalue weighted by Gasteiger charge is 2.43. The van der Waals surface area contributed by atoms with Gasteiger partial charge in [0, 0.05) is 32.2 Å². The minimum absolute atomic E-state index is 0. The van der Waals surface area contributed by atoms with Crippen LogP contribution in [0, 0.1) is 0 Å². The van der Waals surface area contributed by atoms with Crippen molar-refractivity contribution in [2.24, 2.45) is 0 Å². The lowest BCUT2D eigenvalue weighted by atomic mass is 9.99. The Bertz CT molecular complexity index is 555. The molecule has 0 aliphatic carbocycles. The largest absolute Gasteiger partial charge is 0.586 e. The fraction of sp³-hybridized carbons (Fsp3) is 0.500. The molecule has 1 saturated heterocycles. The van der Waals surface area contributed by atoms with Crippen molar-refractivity contribution in [2.75, 3.05) is 26.2 Å². The molecule has 1 aromatic carbocycles. The van der Waals surface area contributed by atoms with Crippen molar-refractivity contribution >= 4 is 24.8 Å². The van der Waals surface area contributed by atoms with Crippen LogP contribution < -0.4 is 14.8 Å². The lowest BCUT2D eigenvalue weighted by Crippen LogP contribution is -2.45. The van der Waals surface area contributed by atoms with Crippen molar-refractivity contribution in [3.05, 3.63) is 36.4 Å². The van der Waals surface area contributed by atoms with Crippen LogP contribution in [0.4, 0.5) is 8.78 Å². The molecule has 2 aliphatic rings. The number of allylic oxidation sites excluding steroid dienone is 1. The standard InChI is InChI=1S/C16H20F2N2O2.2ClH/c1-2-3-4-13(20-9-7-19-8-10-20)12-5-6-14-15(11-12)22-16(17,18)21-14;;/h2,5-6,11,13,19H,1,3-4,7-10H2;2*1H/t13-;;/m0../s1. The number of ether oxygens (including phenoxy) is 2. The van der Waals surface area contributed by atoms with E-state index in [-0.39, 0.29) is 42.4 Å². The third kappa shape index (κ3) is 4.72. The highest BCUT2D eigenvalue weighted by molar-refractivity contribution is 5.85. The number of hydrogen-bond donors (Lipinski definition) is 1. The van der Waals surface area contributed by atoms with Crippen LogP contribution in [0.5, 0.6) is 11.5 Å². The fourth-order valence-electron chi connectivity index (χ4n) is 3.00. The summed E-state index contributed by atoms with van der Waals surface area (Å²) in [5.74, 6) is 0.206. The first-order valence-electron chi connectivity index (χ1n) is 7.54. The van der Waals surface area contributed by atoms with Crippen molar-refractivity contribution in [1.29, 1.82) is 0 Å². The van der Waals surface area contributed by atoms with Gasteiger partial charge in [0.05, 0.1) is 0 Å². The molecule has 0 saturated carbocycles. The molecule has 4 nitrogen and oxygen atoms in total. The Morgan fingerprint density at radius 3 is 2.54 bits per heavy atom. The summed E-state index contributed by atoms with van der Waals surface area (Å²) >= 11 is 0. The van der Waals surface area contributed by atoms with Gasteiger partial charge in [-0.25, -0.2) is 0 Å². The quantitative estimate of drug-likeness (QED) is 0.786. The van der Waals surface area contributed by atoms with Gasteiger partial charge < -0.3 is 14.8 Å². The summed E-state index contributed by atoms with van der Waals surface area (Å²) in [5.41, 5.74) is 0.976. The van der Waals surface area contributed by atoms with Crippen molar-refractivity contribution in [3.63, 3.8) is 0 Å². The summed E-state index contributed by atoms with van der Waals surface area (Å²) in [7, 11) is 0. The molecule has 2 aliphatic heterocycles. The van der Waals surface area contributed by atoms with Crippen LogP contribution in [-0.4, -0.2) is 37.4 Å². The fourth-order valence-corrected chi connectivity index (χ4v) is 3.00. The van der Waals surface area contributed by atoms with Gasteiger partial charge in [-0.15, -0.1) is 40.2 Å². The van der Waals surface area contributed by atoms with Crippen molar-refractivity contribution < 1.29 is 18.3 Å². The van der Waals surface area contributed by atoms with Gasteiger partial charge in [-0.05, 0) is 30.5 Å². The predicted octanol–water partition coefficient (Wildman–Crippen LogP) is 3.76. The number of nitrogens with one attached hydrogen (secondary N) is 1. The molecule has 1 N–H and O–H groups in total. The molecule has 0 bridgehead atoms. The number of benzene rings is 1. The van der Waals surface area contributed by atoms with E-state index in [4.69, 9.17) is 0 Å². The van der Waals surface area contributed by atoms with Crippen LogP contribution in [0.25, 0.3) is 0 Å². The zero-order chi connectivity index (χ0) is 15.6. The zero-order valence-electron chi connectivity index (χ0n) is 13.2. The number of piperazine rings is 1. The number of hydrogen-bond acceptors (Lipinski definition) is 4. The molecule has 8 heteroatoms. The predicted molar refractivity (Wildman–Crippen MR) is 93.8 cm³/mol. The van der Waals surface area contributed by atoms with E-state index < -0.39 is 6.29 Å². The second-order valence-electron chi connectivity index (χ2n) is 5.54. The molecule has 2 heterocycles. The van der Waals surface area contributed by atoms with Gasteiger partial charge in [0.25, 0.3) is 0 Å². The van der Waals surface area contributed by atoms with Gasteiger partial charge in [-0.2, -0.15) is 0 Å². The first-order chi connectivity index (χ1) is 10.6. The number of nitrogens with zero attached hydrogens (tertiary/aromatic N) is 1. The monoisotopic (exact) mass is 382 g/mol. The number of halogens is 4. The van der Waals surface area contributed by atoms with E-state index in [0.29, 0.717) is 0 Å². The smallest absolute Gasteiger partial charge is 0.395 e. The molecule has 24 heavy (non-hydrogen) atoms. The maximum atomic E-state index is 13.2. The summed E-state index contributed by atoms with van der Waals surface area (Å²) in [6.45, 7) is 7.52. The molecule has 0 spiro atoms. The molecule has 3 rings (SSSR count). The Morgan fingerprint density at radius 2 is 1.88 bits per heavy atom. The van der Waals surface area contributed by atoms with E-state index in [1.165, 1.54) is 0 Å². The van der Waals surface area contributed by atoms with Crippen LogP contribution in [0.15, 0.2) is 30.9 Å². The third-order valence-electron chi connectivity index (χ3n) is 4.05.